The molecule has 2 unspecified atom stereocenters. The van der Waals surface area contributed by atoms with E-state index in [1.807, 2.05) is 24.3 Å². The molecule has 2 rings (SSSR count). The Hall–Kier alpha value is -1.59. The van der Waals surface area contributed by atoms with Crippen molar-refractivity contribution >= 4 is 11.6 Å². The van der Waals surface area contributed by atoms with Gasteiger partial charge in [0.05, 0.1) is 12.8 Å². The van der Waals surface area contributed by atoms with Gasteiger partial charge in [-0.2, -0.15) is 0 Å². The molecule has 0 bridgehead atoms. The van der Waals surface area contributed by atoms with Gasteiger partial charge in [-0.05, 0) is 25.0 Å². The number of benzene rings is 1. The molecule has 0 spiro atoms. The minimum Gasteiger partial charge on any atom is -0.495 e. The van der Waals surface area contributed by atoms with Gasteiger partial charge in [0.1, 0.15) is 11.8 Å². The maximum absolute atomic E-state index is 12.1. The summed E-state index contributed by atoms with van der Waals surface area (Å²) in [6.45, 7) is 2.10. The third-order valence-electron chi connectivity index (χ3n) is 3.16. The summed E-state index contributed by atoms with van der Waals surface area (Å²) in [5, 5.41) is 2.88. The largest absolute Gasteiger partial charge is 0.495 e. The summed E-state index contributed by atoms with van der Waals surface area (Å²) in [6, 6.07) is 7.56. The zero-order valence-electron chi connectivity index (χ0n) is 10.7. The summed E-state index contributed by atoms with van der Waals surface area (Å²) in [5.41, 5.74) is 6.82. The Kier molecular flexibility index (Phi) is 4.17. The Morgan fingerprint density at radius 2 is 2.22 bits per heavy atom. The molecule has 1 aromatic rings. The quantitative estimate of drug-likeness (QED) is 0.752. The lowest BCUT2D eigenvalue weighted by molar-refractivity contribution is -0.117. The average Bonchev–Trinajstić information content (AvgIpc) is 2.88. The van der Waals surface area contributed by atoms with Crippen LogP contribution in [0.1, 0.15) is 19.8 Å². The molecule has 0 aliphatic carbocycles. The Labute approximate surface area is 107 Å². The first-order valence-electron chi connectivity index (χ1n) is 6.19. The Morgan fingerprint density at radius 3 is 2.89 bits per heavy atom. The summed E-state index contributed by atoms with van der Waals surface area (Å²) in [7, 11) is 1.59. The van der Waals surface area contributed by atoms with Crippen LogP contribution >= 0.6 is 0 Å². The number of hydrogen-bond acceptors (Lipinski definition) is 4. The molecule has 1 aromatic carbocycles. The predicted octanol–water partition coefficient (Wildman–Crippen LogP) is 1.28. The van der Waals surface area contributed by atoms with E-state index >= 15 is 0 Å². The number of methoxy groups -OCH3 is 1. The molecule has 1 amide bonds. The predicted molar refractivity (Wildman–Crippen MR) is 70.4 cm³/mol. The summed E-state index contributed by atoms with van der Waals surface area (Å²) < 4.78 is 5.20. The van der Waals surface area contributed by atoms with Crippen LogP contribution in [0.2, 0.25) is 0 Å². The molecular formula is C13H19N3O2. The van der Waals surface area contributed by atoms with Crippen molar-refractivity contribution in [3.05, 3.63) is 24.3 Å². The van der Waals surface area contributed by atoms with Gasteiger partial charge in [-0.3, -0.25) is 10.2 Å². The highest BCUT2D eigenvalue weighted by atomic mass is 16.5. The van der Waals surface area contributed by atoms with Crippen LogP contribution in [0.5, 0.6) is 5.75 Å². The van der Waals surface area contributed by atoms with E-state index in [0.717, 1.165) is 12.8 Å². The maximum atomic E-state index is 12.1. The van der Waals surface area contributed by atoms with Crippen molar-refractivity contribution in [1.82, 2.24) is 10.9 Å². The molecule has 3 N–H and O–H groups in total. The number of carbonyl (C=O) groups excluding carboxylic acids is 1. The van der Waals surface area contributed by atoms with Crippen molar-refractivity contribution in [2.45, 2.75) is 31.8 Å². The van der Waals surface area contributed by atoms with Crippen LogP contribution < -0.4 is 20.9 Å². The third-order valence-corrected chi connectivity index (χ3v) is 3.16. The second-order valence-electron chi connectivity index (χ2n) is 4.37. The number of carbonyl (C=O) groups is 1. The highest BCUT2D eigenvalue weighted by Crippen LogP contribution is 2.23. The molecule has 0 radical (unpaired) electrons. The molecule has 18 heavy (non-hydrogen) atoms. The van der Waals surface area contributed by atoms with Crippen LogP contribution in [0.3, 0.4) is 0 Å². The van der Waals surface area contributed by atoms with Crippen molar-refractivity contribution in [2.24, 2.45) is 0 Å². The molecule has 5 nitrogen and oxygen atoms in total. The Morgan fingerprint density at radius 1 is 1.44 bits per heavy atom. The van der Waals surface area contributed by atoms with Crippen molar-refractivity contribution in [3.63, 3.8) is 0 Å². The zero-order valence-corrected chi connectivity index (χ0v) is 10.7. The maximum Gasteiger partial charge on any atom is 0.243 e. The number of hydrazine groups is 1. The monoisotopic (exact) mass is 249 g/mol. The normalized spacial score (nSPS) is 22.8. The summed E-state index contributed by atoms with van der Waals surface area (Å²) >= 11 is 0. The van der Waals surface area contributed by atoms with Gasteiger partial charge >= 0.3 is 0 Å². The van der Waals surface area contributed by atoms with Crippen molar-refractivity contribution in [3.8, 4) is 5.75 Å². The van der Waals surface area contributed by atoms with Crippen molar-refractivity contribution in [2.75, 3.05) is 12.4 Å². The second kappa shape index (κ2) is 5.84. The molecule has 1 aliphatic rings. The molecule has 0 saturated carbocycles. The number of ether oxygens (including phenoxy) is 1. The standard InChI is InChI=1S/C13H19N3O2/c1-3-9-8-11(16-15-9)13(17)14-10-6-4-5-7-12(10)18-2/h4-7,9,11,15-16H,3,8H2,1-2H3,(H,14,17). The molecule has 1 aliphatic heterocycles. The first-order chi connectivity index (χ1) is 8.74. The van der Waals surface area contributed by atoms with Gasteiger partial charge in [0, 0.05) is 6.04 Å². The smallest absolute Gasteiger partial charge is 0.243 e. The van der Waals surface area contributed by atoms with E-state index in [2.05, 4.69) is 23.1 Å². The molecule has 0 aromatic heterocycles. The minimum absolute atomic E-state index is 0.0389. The number of amides is 1. The van der Waals surface area contributed by atoms with E-state index < -0.39 is 0 Å². The van der Waals surface area contributed by atoms with Gasteiger partial charge in [-0.25, -0.2) is 5.43 Å². The van der Waals surface area contributed by atoms with E-state index in [-0.39, 0.29) is 11.9 Å². The van der Waals surface area contributed by atoms with Crippen molar-refractivity contribution < 1.29 is 9.53 Å². The average molecular weight is 249 g/mol. The third kappa shape index (κ3) is 2.80. The van der Waals surface area contributed by atoms with Gasteiger partial charge in [0.15, 0.2) is 0 Å². The van der Waals surface area contributed by atoms with E-state index in [0.29, 0.717) is 17.5 Å². The summed E-state index contributed by atoms with van der Waals surface area (Å²) in [4.78, 5) is 12.1. The van der Waals surface area contributed by atoms with Crippen molar-refractivity contribution in [1.29, 1.82) is 0 Å². The summed E-state index contributed by atoms with van der Waals surface area (Å²) in [5.74, 6) is 0.631. The zero-order chi connectivity index (χ0) is 13.0. The molecule has 1 heterocycles. The van der Waals surface area contributed by atoms with Crippen LogP contribution in [0.15, 0.2) is 24.3 Å². The molecule has 1 fully saturated rings. The molecule has 5 heteroatoms. The van der Waals surface area contributed by atoms with Gasteiger partial charge in [-0.1, -0.05) is 19.1 Å². The number of anilines is 1. The van der Waals surface area contributed by atoms with Crippen LogP contribution in [-0.4, -0.2) is 25.1 Å². The highest BCUT2D eigenvalue weighted by molar-refractivity contribution is 5.96. The molecule has 1 saturated heterocycles. The molecule has 2 atom stereocenters. The molecule has 98 valence electrons. The van der Waals surface area contributed by atoms with E-state index in [1.165, 1.54) is 0 Å². The summed E-state index contributed by atoms with van der Waals surface area (Å²) in [6.07, 6.45) is 1.81. The van der Waals surface area contributed by atoms with Gasteiger partial charge in [0.25, 0.3) is 0 Å². The van der Waals surface area contributed by atoms with Crippen LogP contribution in [-0.2, 0) is 4.79 Å². The number of hydrogen-bond donors (Lipinski definition) is 3. The Balaban J connectivity index is 1.99. The number of rotatable bonds is 4. The first kappa shape index (κ1) is 12.9. The van der Waals surface area contributed by atoms with E-state index in [1.54, 1.807) is 7.11 Å². The van der Waals surface area contributed by atoms with Crippen LogP contribution in [0, 0.1) is 0 Å². The van der Waals surface area contributed by atoms with E-state index in [9.17, 15) is 4.79 Å². The fraction of sp³-hybridized carbons (Fsp3) is 0.462. The highest BCUT2D eigenvalue weighted by Gasteiger charge is 2.28. The fourth-order valence-electron chi connectivity index (χ4n) is 2.03. The first-order valence-corrected chi connectivity index (χ1v) is 6.19. The number of nitrogens with one attached hydrogen (secondary N) is 3. The number of para-hydroxylation sites is 2. The second-order valence-corrected chi connectivity index (χ2v) is 4.37. The Bertz CT molecular complexity index is 422. The lowest BCUT2D eigenvalue weighted by Crippen LogP contribution is -2.40. The fourth-order valence-corrected chi connectivity index (χ4v) is 2.03. The minimum atomic E-state index is -0.195. The lowest BCUT2D eigenvalue weighted by atomic mass is 10.1. The van der Waals surface area contributed by atoms with Gasteiger partial charge < -0.3 is 10.1 Å². The van der Waals surface area contributed by atoms with Crippen LogP contribution in [0.4, 0.5) is 5.69 Å². The van der Waals surface area contributed by atoms with Gasteiger partial charge in [-0.15, -0.1) is 0 Å². The van der Waals surface area contributed by atoms with Gasteiger partial charge in [0.2, 0.25) is 5.91 Å². The van der Waals surface area contributed by atoms with E-state index in [4.69, 9.17) is 4.74 Å². The topological polar surface area (TPSA) is 62.4 Å². The SMILES string of the molecule is CCC1CC(C(=O)Nc2ccccc2OC)NN1. The lowest BCUT2D eigenvalue weighted by Gasteiger charge is -2.13. The van der Waals surface area contributed by atoms with Crippen LogP contribution in [0.25, 0.3) is 0 Å². The molecular weight excluding hydrogens is 230 g/mol.